The van der Waals surface area contributed by atoms with Crippen LogP contribution in [-0.4, -0.2) is 39.5 Å². The summed E-state index contributed by atoms with van der Waals surface area (Å²) in [5, 5.41) is 3.66. The number of rotatable bonds is 11. The molecule has 0 bridgehead atoms. The first-order chi connectivity index (χ1) is 9.90. The Balaban J connectivity index is 1.71. The standard InChI is InChI=1S/C17H27NO2/c1-19-12-13-20-11-5-8-16(14-18-17-9-10-17)15-6-3-2-4-7-15/h2-4,6-7,16-18H,5,8-14H2,1H3. The second-order valence-electron chi connectivity index (χ2n) is 5.54. The maximum atomic E-state index is 5.55. The van der Waals surface area contributed by atoms with Gasteiger partial charge in [0.05, 0.1) is 13.2 Å². The summed E-state index contributed by atoms with van der Waals surface area (Å²) >= 11 is 0. The Morgan fingerprint density at radius 1 is 1.15 bits per heavy atom. The van der Waals surface area contributed by atoms with Crippen molar-refractivity contribution in [1.82, 2.24) is 5.32 Å². The van der Waals surface area contributed by atoms with E-state index in [2.05, 4.69) is 35.6 Å². The number of hydrogen-bond acceptors (Lipinski definition) is 3. The van der Waals surface area contributed by atoms with Gasteiger partial charge in [-0.1, -0.05) is 30.3 Å². The molecule has 1 N–H and O–H groups in total. The lowest BCUT2D eigenvalue weighted by Gasteiger charge is -2.18. The highest BCUT2D eigenvalue weighted by molar-refractivity contribution is 5.20. The summed E-state index contributed by atoms with van der Waals surface area (Å²) in [6.07, 6.45) is 4.98. The van der Waals surface area contributed by atoms with Gasteiger partial charge < -0.3 is 14.8 Å². The number of hydrogen-bond donors (Lipinski definition) is 1. The van der Waals surface area contributed by atoms with Gasteiger partial charge in [0.25, 0.3) is 0 Å². The minimum atomic E-state index is 0.600. The second kappa shape index (κ2) is 9.11. The van der Waals surface area contributed by atoms with E-state index in [0.717, 1.165) is 25.6 Å². The van der Waals surface area contributed by atoms with Crippen LogP contribution in [-0.2, 0) is 9.47 Å². The van der Waals surface area contributed by atoms with Gasteiger partial charge in [-0.15, -0.1) is 0 Å². The van der Waals surface area contributed by atoms with Crippen LogP contribution in [0.25, 0.3) is 0 Å². The molecule has 1 aliphatic carbocycles. The Morgan fingerprint density at radius 3 is 2.65 bits per heavy atom. The van der Waals surface area contributed by atoms with E-state index in [1.54, 1.807) is 7.11 Å². The molecule has 0 aliphatic heterocycles. The molecule has 1 aromatic rings. The molecule has 112 valence electrons. The predicted molar refractivity (Wildman–Crippen MR) is 82.1 cm³/mol. The zero-order valence-electron chi connectivity index (χ0n) is 12.5. The third-order valence-corrected chi connectivity index (χ3v) is 3.77. The summed E-state index contributed by atoms with van der Waals surface area (Å²) in [7, 11) is 1.71. The van der Waals surface area contributed by atoms with Crippen LogP contribution in [0, 0.1) is 0 Å². The molecule has 3 heteroatoms. The first-order valence-corrected chi connectivity index (χ1v) is 7.75. The fourth-order valence-electron chi connectivity index (χ4n) is 2.38. The minimum absolute atomic E-state index is 0.600. The Morgan fingerprint density at radius 2 is 1.95 bits per heavy atom. The Hall–Kier alpha value is -0.900. The molecule has 2 rings (SSSR count). The van der Waals surface area contributed by atoms with Crippen molar-refractivity contribution in [2.45, 2.75) is 37.6 Å². The molecule has 3 nitrogen and oxygen atoms in total. The molecular weight excluding hydrogens is 250 g/mol. The van der Waals surface area contributed by atoms with Crippen molar-refractivity contribution < 1.29 is 9.47 Å². The van der Waals surface area contributed by atoms with Crippen LogP contribution in [0.4, 0.5) is 0 Å². The molecule has 0 saturated heterocycles. The van der Waals surface area contributed by atoms with Gasteiger partial charge in [0.15, 0.2) is 0 Å². The second-order valence-corrected chi connectivity index (χ2v) is 5.54. The smallest absolute Gasteiger partial charge is 0.0700 e. The lowest BCUT2D eigenvalue weighted by Crippen LogP contribution is -2.23. The molecule has 1 fully saturated rings. The molecule has 0 spiro atoms. The molecule has 1 atom stereocenters. The summed E-state index contributed by atoms with van der Waals surface area (Å²) < 4.78 is 10.5. The molecule has 1 saturated carbocycles. The first-order valence-electron chi connectivity index (χ1n) is 7.75. The molecule has 1 aliphatic rings. The summed E-state index contributed by atoms with van der Waals surface area (Å²) in [5.41, 5.74) is 1.44. The molecular formula is C17H27NO2. The summed E-state index contributed by atoms with van der Waals surface area (Å²) in [5.74, 6) is 0.600. The van der Waals surface area contributed by atoms with Crippen molar-refractivity contribution >= 4 is 0 Å². The van der Waals surface area contributed by atoms with Crippen LogP contribution in [0.15, 0.2) is 30.3 Å². The van der Waals surface area contributed by atoms with Gasteiger partial charge in [-0.25, -0.2) is 0 Å². The highest BCUT2D eigenvalue weighted by Gasteiger charge is 2.22. The van der Waals surface area contributed by atoms with Gasteiger partial charge >= 0.3 is 0 Å². The quantitative estimate of drug-likeness (QED) is 0.631. The summed E-state index contributed by atoms with van der Waals surface area (Å²) in [6, 6.07) is 11.6. The average molecular weight is 277 g/mol. The van der Waals surface area contributed by atoms with Crippen molar-refractivity contribution in [3.63, 3.8) is 0 Å². The Kier molecular flexibility index (Phi) is 7.06. The van der Waals surface area contributed by atoms with Crippen molar-refractivity contribution in [2.75, 3.05) is 33.5 Å². The molecule has 0 amide bonds. The van der Waals surface area contributed by atoms with Gasteiger partial charge in [0.2, 0.25) is 0 Å². The minimum Gasteiger partial charge on any atom is -0.382 e. The normalized spacial score (nSPS) is 16.2. The molecule has 0 heterocycles. The number of methoxy groups -OCH3 is 1. The molecule has 0 aromatic heterocycles. The van der Waals surface area contributed by atoms with E-state index in [4.69, 9.17) is 9.47 Å². The predicted octanol–water partition coefficient (Wildman–Crippen LogP) is 2.97. The van der Waals surface area contributed by atoms with Crippen molar-refractivity contribution in [2.24, 2.45) is 0 Å². The van der Waals surface area contributed by atoms with Gasteiger partial charge in [0, 0.05) is 26.3 Å². The van der Waals surface area contributed by atoms with Gasteiger partial charge in [-0.3, -0.25) is 0 Å². The van der Waals surface area contributed by atoms with E-state index in [1.807, 2.05) is 0 Å². The monoisotopic (exact) mass is 277 g/mol. The van der Waals surface area contributed by atoms with Crippen LogP contribution in [0.1, 0.15) is 37.2 Å². The van der Waals surface area contributed by atoms with Crippen LogP contribution in [0.5, 0.6) is 0 Å². The molecule has 1 unspecified atom stereocenters. The zero-order chi connectivity index (χ0) is 14.0. The van der Waals surface area contributed by atoms with Crippen LogP contribution in [0.3, 0.4) is 0 Å². The Labute approximate surface area is 122 Å². The third kappa shape index (κ3) is 6.04. The van der Waals surface area contributed by atoms with Gasteiger partial charge in [-0.05, 0) is 37.2 Å². The fourth-order valence-corrected chi connectivity index (χ4v) is 2.38. The van der Waals surface area contributed by atoms with E-state index in [9.17, 15) is 0 Å². The molecule has 0 radical (unpaired) electrons. The fraction of sp³-hybridized carbons (Fsp3) is 0.647. The number of ether oxygens (including phenoxy) is 2. The first kappa shape index (κ1) is 15.5. The maximum absolute atomic E-state index is 5.55. The van der Waals surface area contributed by atoms with E-state index in [0.29, 0.717) is 19.1 Å². The number of benzene rings is 1. The topological polar surface area (TPSA) is 30.5 Å². The average Bonchev–Trinajstić information content (AvgIpc) is 3.31. The molecule has 1 aromatic carbocycles. The van der Waals surface area contributed by atoms with Crippen LogP contribution >= 0.6 is 0 Å². The highest BCUT2D eigenvalue weighted by Crippen LogP contribution is 2.24. The zero-order valence-corrected chi connectivity index (χ0v) is 12.5. The van der Waals surface area contributed by atoms with Crippen molar-refractivity contribution in [3.05, 3.63) is 35.9 Å². The lowest BCUT2D eigenvalue weighted by molar-refractivity contribution is 0.0681. The summed E-state index contributed by atoms with van der Waals surface area (Å²) in [4.78, 5) is 0. The SMILES string of the molecule is COCCOCCCC(CNC1CC1)c1ccccc1. The highest BCUT2D eigenvalue weighted by atomic mass is 16.5. The van der Waals surface area contributed by atoms with Crippen LogP contribution in [0.2, 0.25) is 0 Å². The van der Waals surface area contributed by atoms with E-state index >= 15 is 0 Å². The van der Waals surface area contributed by atoms with E-state index in [1.165, 1.54) is 24.8 Å². The van der Waals surface area contributed by atoms with Crippen LogP contribution < -0.4 is 5.32 Å². The van der Waals surface area contributed by atoms with E-state index < -0.39 is 0 Å². The lowest BCUT2D eigenvalue weighted by atomic mass is 9.94. The van der Waals surface area contributed by atoms with Crippen molar-refractivity contribution in [3.8, 4) is 0 Å². The van der Waals surface area contributed by atoms with Gasteiger partial charge in [0.1, 0.15) is 0 Å². The largest absolute Gasteiger partial charge is 0.382 e. The number of nitrogens with one attached hydrogen (secondary N) is 1. The Bertz CT molecular complexity index is 351. The van der Waals surface area contributed by atoms with E-state index in [-0.39, 0.29) is 0 Å². The maximum Gasteiger partial charge on any atom is 0.0700 e. The van der Waals surface area contributed by atoms with Gasteiger partial charge in [-0.2, -0.15) is 0 Å². The van der Waals surface area contributed by atoms with Crippen molar-refractivity contribution in [1.29, 1.82) is 0 Å². The summed E-state index contributed by atoms with van der Waals surface area (Å²) in [6.45, 7) is 3.31. The molecule has 20 heavy (non-hydrogen) atoms. The third-order valence-electron chi connectivity index (χ3n) is 3.77.